The van der Waals surface area contributed by atoms with Crippen molar-refractivity contribution in [3.63, 3.8) is 0 Å². The van der Waals surface area contributed by atoms with E-state index >= 15 is 0 Å². The highest BCUT2D eigenvalue weighted by atomic mass is 28.4. The third-order valence-corrected chi connectivity index (χ3v) is 7.79. The zero-order chi connectivity index (χ0) is 19.3. The molecule has 0 aromatic rings. The van der Waals surface area contributed by atoms with Gasteiger partial charge in [-0.2, -0.15) is 0 Å². The lowest BCUT2D eigenvalue weighted by molar-refractivity contribution is -0.0217. The fraction of sp³-hybridized carbons (Fsp3) is 1.00. The number of nitrogens with zero attached hydrogens (tertiary/aromatic N) is 2. The first-order chi connectivity index (χ1) is 11.8. The molecule has 0 rings (SSSR count). The number of hydrogen-bond acceptors (Lipinski definition) is 10. The van der Waals surface area contributed by atoms with Crippen molar-refractivity contribution < 1.29 is 27.7 Å². The quantitative estimate of drug-likeness (QED) is 0.145. The predicted molar refractivity (Wildman–Crippen MR) is 99.3 cm³/mol. The molecule has 0 saturated carbocycles. The molecule has 0 aliphatic carbocycles. The van der Waals surface area contributed by atoms with E-state index < -0.39 is 17.6 Å². The highest BCUT2D eigenvalue weighted by Crippen LogP contribution is 2.16. The molecule has 0 aliphatic heterocycles. The first-order valence-corrected chi connectivity index (χ1v) is 12.5. The molecule has 0 bridgehead atoms. The van der Waals surface area contributed by atoms with E-state index in [2.05, 4.69) is 5.01 Å². The van der Waals surface area contributed by atoms with Gasteiger partial charge in [0.15, 0.2) is 0 Å². The molecule has 25 heavy (non-hydrogen) atoms. The van der Waals surface area contributed by atoms with Crippen molar-refractivity contribution in [1.82, 2.24) is 10.0 Å². The summed E-state index contributed by atoms with van der Waals surface area (Å²) in [5, 5.41) is 4.14. The third-order valence-electron chi connectivity index (χ3n) is 3.94. The lowest BCUT2D eigenvalue weighted by atomic mass is 10.4. The molecule has 0 heterocycles. The van der Waals surface area contributed by atoms with Crippen LogP contribution in [0.1, 0.15) is 12.8 Å². The molecule has 0 aromatic heterocycles. The topological polar surface area (TPSA) is 147 Å². The Balaban J connectivity index is 4.66. The second kappa shape index (κ2) is 13.2. The predicted octanol–water partition coefficient (Wildman–Crippen LogP) is -2.00. The van der Waals surface area contributed by atoms with Crippen molar-refractivity contribution in [2.45, 2.75) is 24.9 Å². The first-order valence-electron chi connectivity index (χ1n) is 8.50. The van der Waals surface area contributed by atoms with Gasteiger partial charge in [0.2, 0.25) is 0 Å². The van der Waals surface area contributed by atoms with E-state index in [0.29, 0.717) is 45.2 Å². The maximum atomic E-state index is 9.15. The zero-order valence-electron chi connectivity index (χ0n) is 15.7. The van der Waals surface area contributed by atoms with Crippen molar-refractivity contribution >= 4 is 17.6 Å². The Morgan fingerprint density at radius 2 is 1.12 bits per heavy atom. The first kappa shape index (κ1) is 25.0. The molecular formula is C13H36N4O6Si2. The van der Waals surface area contributed by atoms with Gasteiger partial charge in [-0.15, -0.1) is 0 Å². The minimum Gasteiger partial charge on any atom is -0.390 e. The van der Waals surface area contributed by atoms with Crippen LogP contribution in [-0.4, -0.2) is 103 Å². The van der Waals surface area contributed by atoms with Crippen molar-refractivity contribution in [2.75, 3.05) is 60.6 Å². The Morgan fingerprint density at radius 1 is 0.720 bits per heavy atom. The number of nitrogens with two attached hydrogens (primary N) is 2. The minimum absolute atomic E-state index is 0.00240. The van der Waals surface area contributed by atoms with Crippen molar-refractivity contribution in [3.05, 3.63) is 0 Å². The van der Waals surface area contributed by atoms with Crippen LogP contribution in [0.5, 0.6) is 0 Å². The second-order valence-corrected chi connectivity index (χ2v) is 10.9. The van der Waals surface area contributed by atoms with Gasteiger partial charge in [0.25, 0.3) is 0 Å². The Bertz CT molecular complexity index is 326. The average Bonchev–Trinajstić information content (AvgIpc) is 2.56. The number of hydrogen-bond donors (Lipinski definition) is 5. The summed E-state index contributed by atoms with van der Waals surface area (Å²) in [6.45, 7) is 3.52. The number of hydrazine groups is 1. The summed E-state index contributed by atoms with van der Waals surface area (Å²) in [7, 11) is -1.85. The fourth-order valence-corrected chi connectivity index (χ4v) is 4.96. The van der Waals surface area contributed by atoms with Gasteiger partial charge < -0.3 is 39.1 Å². The van der Waals surface area contributed by atoms with E-state index in [1.807, 2.05) is 5.01 Å². The van der Waals surface area contributed by atoms with Crippen LogP contribution in [0.3, 0.4) is 0 Å². The van der Waals surface area contributed by atoms with Crippen LogP contribution in [0.25, 0.3) is 0 Å². The van der Waals surface area contributed by atoms with Gasteiger partial charge in [-0.05, 0) is 12.8 Å². The van der Waals surface area contributed by atoms with Crippen LogP contribution in [0.2, 0.25) is 12.1 Å². The van der Waals surface area contributed by atoms with E-state index in [9.17, 15) is 0 Å². The van der Waals surface area contributed by atoms with Crippen LogP contribution in [-0.2, 0) is 13.3 Å². The minimum atomic E-state index is -4.01. The average molecular weight is 401 g/mol. The van der Waals surface area contributed by atoms with E-state index in [0.717, 1.165) is 13.0 Å². The molecule has 0 aliphatic rings. The second-order valence-electron chi connectivity index (χ2n) is 5.76. The number of rotatable bonds is 16. The van der Waals surface area contributed by atoms with Crippen LogP contribution >= 0.6 is 0 Å². The zero-order valence-corrected chi connectivity index (χ0v) is 17.7. The molecule has 0 spiro atoms. The normalized spacial score (nSPS) is 13.2. The van der Waals surface area contributed by atoms with Crippen LogP contribution in [0.15, 0.2) is 0 Å². The Hall–Kier alpha value is 0.0338. The molecule has 0 amide bonds. The van der Waals surface area contributed by atoms with Gasteiger partial charge in [-0.25, -0.2) is 10.0 Å². The van der Waals surface area contributed by atoms with Gasteiger partial charge in [0.05, 0.1) is 0 Å². The molecule has 12 heteroatoms. The van der Waals surface area contributed by atoms with Crippen molar-refractivity contribution in [1.29, 1.82) is 0 Å². The molecular weight excluding hydrogens is 364 g/mol. The van der Waals surface area contributed by atoms with Gasteiger partial charge in [-0.3, -0.25) is 0 Å². The maximum Gasteiger partial charge on any atom is 0.500 e. The lowest BCUT2D eigenvalue weighted by Crippen LogP contribution is -2.49. The van der Waals surface area contributed by atoms with Gasteiger partial charge in [-0.1, -0.05) is 0 Å². The summed E-state index contributed by atoms with van der Waals surface area (Å²) in [5.41, 5.74) is 11.4. The standard InChI is InChI=1S/C13H36N4O6Si2/c1-21-25(22-2,23-3)13-5-9-17(11-7-15)16(10-6-14)8-4-12-24(18,19)20/h18-20H,4-15H2,1-3H3. The largest absolute Gasteiger partial charge is 0.500 e. The van der Waals surface area contributed by atoms with Crippen molar-refractivity contribution in [2.24, 2.45) is 11.5 Å². The van der Waals surface area contributed by atoms with E-state index in [-0.39, 0.29) is 6.04 Å². The molecule has 0 radical (unpaired) electrons. The monoisotopic (exact) mass is 400 g/mol. The Labute approximate surface area is 153 Å². The van der Waals surface area contributed by atoms with Crippen LogP contribution in [0, 0.1) is 0 Å². The van der Waals surface area contributed by atoms with Gasteiger partial charge in [0, 0.05) is 72.7 Å². The molecule has 0 saturated heterocycles. The molecule has 0 unspecified atom stereocenters. The van der Waals surface area contributed by atoms with Gasteiger partial charge >= 0.3 is 17.6 Å². The van der Waals surface area contributed by atoms with E-state index in [4.69, 9.17) is 39.1 Å². The Kier molecular flexibility index (Phi) is 13.3. The summed E-state index contributed by atoms with van der Waals surface area (Å²) < 4.78 is 16.3. The molecule has 10 nitrogen and oxygen atoms in total. The maximum absolute atomic E-state index is 9.15. The van der Waals surface area contributed by atoms with Crippen LogP contribution < -0.4 is 11.5 Å². The lowest BCUT2D eigenvalue weighted by Gasteiger charge is -2.35. The summed E-state index contributed by atoms with van der Waals surface area (Å²) in [5.74, 6) is 0. The van der Waals surface area contributed by atoms with Crippen LogP contribution in [0.4, 0.5) is 0 Å². The summed E-state index contributed by atoms with van der Waals surface area (Å²) >= 11 is 0. The van der Waals surface area contributed by atoms with Gasteiger partial charge in [0.1, 0.15) is 0 Å². The van der Waals surface area contributed by atoms with E-state index in [1.165, 1.54) is 0 Å². The van der Waals surface area contributed by atoms with Crippen molar-refractivity contribution in [3.8, 4) is 0 Å². The molecule has 0 atom stereocenters. The highest BCUT2D eigenvalue weighted by molar-refractivity contribution is 6.60. The fourth-order valence-electron chi connectivity index (χ4n) is 2.62. The SMILES string of the molecule is CO[Si](CCCN(CCN)N(CCN)CCC[Si](O)(O)O)(OC)OC. The van der Waals surface area contributed by atoms with E-state index in [1.54, 1.807) is 21.3 Å². The molecule has 0 aromatic carbocycles. The third kappa shape index (κ3) is 10.7. The molecule has 0 fully saturated rings. The summed E-state index contributed by atoms with van der Waals surface area (Å²) in [4.78, 5) is 27.5. The smallest absolute Gasteiger partial charge is 0.390 e. The summed E-state index contributed by atoms with van der Waals surface area (Å²) in [6, 6.07) is 0.672. The highest BCUT2D eigenvalue weighted by Gasteiger charge is 2.37. The molecule has 7 N–H and O–H groups in total. The summed E-state index contributed by atoms with van der Waals surface area (Å²) in [6.07, 6.45) is 1.26. The Morgan fingerprint density at radius 3 is 1.44 bits per heavy atom. The molecule has 152 valence electrons.